The molecule has 1 saturated heterocycles. The monoisotopic (exact) mass is 272 g/mol. The van der Waals surface area contributed by atoms with Gasteiger partial charge in [0.05, 0.1) is 6.61 Å². The maximum absolute atomic E-state index is 11.7. The van der Waals surface area contributed by atoms with Gasteiger partial charge in [-0.05, 0) is 49.9 Å². The number of rotatable bonds is 3. The van der Waals surface area contributed by atoms with Gasteiger partial charge in [-0.3, -0.25) is 4.79 Å². The van der Waals surface area contributed by atoms with Crippen molar-refractivity contribution >= 4 is 5.91 Å². The Balaban J connectivity index is 1.45. The van der Waals surface area contributed by atoms with Crippen LogP contribution in [0.5, 0.6) is 5.75 Å². The predicted molar refractivity (Wildman–Crippen MR) is 75.8 cm³/mol. The van der Waals surface area contributed by atoms with Crippen molar-refractivity contribution in [2.24, 2.45) is 5.92 Å². The second kappa shape index (κ2) is 4.48. The molecule has 1 aromatic carbocycles. The number of carbonyl (C=O) groups is 1. The summed E-state index contributed by atoms with van der Waals surface area (Å²) in [5.41, 5.74) is 2.21. The van der Waals surface area contributed by atoms with Crippen molar-refractivity contribution in [3.63, 3.8) is 0 Å². The lowest BCUT2D eigenvalue weighted by molar-refractivity contribution is 0.0965. The van der Waals surface area contributed by atoms with Crippen LogP contribution in [0, 0.1) is 5.92 Å². The summed E-state index contributed by atoms with van der Waals surface area (Å²) in [6.45, 7) is 2.55. The van der Waals surface area contributed by atoms with E-state index in [-0.39, 0.29) is 5.91 Å². The summed E-state index contributed by atoms with van der Waals surface area (Å²) in [5.74, 6) is 1.45. The molecule has 1 aromatic rings. The minimum atomic E-state index is 0.0171. The largest absolute Gasteiger partial charge is 0.493 e. The van der Waals surface area contributed by atoms with Crippen LogP contribution in [0.3, 0.4) is 0 Å². The lowest BCUT2D eigenvalue weighted by Gasteiger charge is -2.32. The van der Waals surface area contributed by atoms with Gasteiger partial charge in [0.1, 0.15) is 5.75 Å². The summed E-state index contributed by atoms with van der Waals surface area (Å²) in [5, 5.41) is 6.50. The zero-order valence-electron chi connectivity index (χ0n) is 11.6. The molecule has 1 spiro atoms. The first kappa shape index (κ1) is 12.2. The van der Waals surface area contributed by atoms with E-state index in [4.69, 9.17) is 4.74 Å². The van der Waals surface area contributed by atoms with Gasteiger partial charge in [-0.2, -0.15) is 0 Å². The molecule has 3 aliphatic rings. The molecule has 4 rings (SSSR count). The van der Waals surface area contributed by atoms with Gasteiger partial charge in [0, 0.05) is 23.6 Å². The highest BCUT2D eigenvalue weighted by atomic mass is 16.5. The molecule has 2 N–H and O–H groups in total. The molecule has 0 bridgehead atoms. The molecule has 1 aliphatic carbocycles. The van der Waals surface area contributed by atoms with E-state index in [2.05, 4.69) is 10.6 Å². The Kier molecular flexibility index (Phi) is 2.74. The SMILES string of the molecule is O=C1NCc2ccc(OCC3CCCNC34CC4)cc21. The van der Waals surface area contributed by atoms with E-state index in [0.717, 1.165) is 30.0 Å². The van der Waals surface area contributed by atoms with Gasteiger partial charge in [-0.1, -0.05) is 6.07 Å². The molecular formula is C16H20N2O2. The molecule has 4 nitrogen and oxygen atoms in total. The molecule has 2 heterocycles. The average Bonchev–Trinajstić information content (AvgIpc) is 3.15. The van der Waals surface area contributed by atoms with Crippen molar-refractivity contribution in [2.45, 2.75) is 37.8 Å². The second-order valence-electron chi connectivity index (χ2n) is 6.23. The number of carbonyl (C=O) groups excluding carboxylic acids is 1. The molecule has 1 unspecified atom stereocenters. The molecule has 1 atom stereocenters. The van der Waals surface area contributed by atoms with Crippen molar-refractivity contribution in [3.05, 3.63) is 29.3 Å². The minimum absolute atomic E-state index is 0.0171. The second-order valence-corrected chi connectivity index (χ2v) is 6.23. The first-order valence-corrected chi connectivity index (χ1v) is 7.56. The van der Waals surface area contributed by atoms with Crippen molar-refractivity contribution in [1.29, 1.82) is 0 Å². The van der Waals surface area contributed by atoms with Gasteiger partial charge in [0.25, 0.3) is 5.91 Å². The zero-order chi connectivity index (χ0) is 13.6. The maximum Gasteiger partial charge on any atom is 0.252 e. The normalized spacial score (nSPS) is 26.2. The van der Waals surface area contributed by atoms with Gasteiger partial charge in [-0.25, -0.2) is 0 Å². The summed E-state index contributed by atoms with van der Waals surface area (Å²) in [7, 11) is 0. The molecule has 1 amide bonds. The Bertz CT molecular complexity index is 551. The van der Waals surface area contributed by atoms with Gasteiger partial charge in [0.15, 0.2) is 0 Å². The molecule has 0 radical (unpaired) electrons. The molecule has 4 heteroatoms. The zero-order valence-corrected chi connectivity index (χ0v) is 11.6. The van der Waals surface area contributed by atoms with Gasteiger partial charge in [-0.15, -0.1) is 0 Å². The summed E-state index contributed by atoms with van der Waals surface area (Å²) >= 11 is 0. The summed E-state index contributed by atoms with van der Waals surface area (Å²) in [6, 6.07) is 5.86. The van der Waals surface area contributed by atoms with Crippen LogP contribution in [0.25, 0.3) is 0 Å². The minimum Gasteiger partial charge on any atom is -0.493 e. The Morgan fingerprint density at radius 1 is 1.35 bits per heavy atom. The molecule has 2 aliphatic heterocycles. The molecule has 20 heavy (non-hydrogen) atoms. The number of ether oxygens (including phenoxy) is 1. The summed E-state index contributed by atoms with van der Waals surface area (Å²) < 4.78 is 5.97. The predicted octanol–water partition coefficient (Wildman–Crippen LogP) is 1.84. The maximum atomic E-state index is 11.7. The molecule has 106 valence electrons. The Morgan fingerprint density at radius 3 is 3.10 bits per heavy atom. The number of hydrogen-bond donors (Lipinski definition) is 2. The fraction of sp³-hybridized carbons (Fsp3) is 0.562. The van der Waals surface area contributed by atoms with E-state index < -0.39 is 0 Å². The topological polar surface area (TPSA) is 50.4 Å². The number of nitrogens with one attached hydrogen (secondary N) is 2. The number of piperidine rings is 1. The Labute approximate surface area is 118 Å². The third kappa shape index (κ3) is 1.99. The van der Waals surface area contributed by atoms with Crippen LogP contribution in [0.4, 0.5) is 0 Å². The van der Waals surface area contributed by atoms with Crippen LogP contribution in [0.15, 0.2) is 18.2 Å². The number of hydrogen-bond acceptors (Lipinski definition) is 3. The Morgan fingerprint density at radius 2 is 2.25 bits per heavy atom. The van der Waals surface area contributed by atoms with Crippen LogP contribution >= 0.6 is 0 Å². The average molecular weight is 272 g/mol. The number of benzene rings is 1. The standard InChI is InChI=1S/C16H20N2O2/c19-15-14-8-13(4-3-11(14)9-17-15)20-10-12-2-1-7-18-16(12)5-6-16/h3-4,8,12,18H,1-2,5-7,9-10H2,(H,17,19). The highest BCUT2D eigenvalue weighted by Crippen LogP contribution is 2.46. The van der Waals surface area contributed by atoms with Crippen molar-refractivity contribution in [1.82, 2.24) is 10.6 Å². The highest BCUT2D eigenvalue weighted by Gasteiger charge is 2.50. The smallest absolute Gasteiger partial charge is 0.252 e. The molecule has 1 saturated carbocycles. The first-order chi connectivity index (χ1) is 9.77. The lowest BCUT2D eigenvalue weighted by Crippen LogP contribution is -2.45. The van der Waals surface area contributed by atoms with Crippen molar-refractivity contribution in [2.75, 3.05) is 13.2 Å². The van der Waals surface area contributed by atoms with Crippen LogP contribution in [0.1, 0.15) is 41.6 Å². The van der Waals surface area contributed by atoms with Crippen LogP contribution in [0.2, 0.25) is 0 Å². The molecule has 0 aromatic heterocycles. The van der Waals surface area contributed by atoms with Gasteiger partial charge >= 0.3 is 0 Å². The highest BCUT2D eigenvalue weighted by molar-refractivity contribution is 5.98. The van der Waals surface area contributed by atoms with Crippen LogP contribution in [-0.4, -0.2) is 24.6 Å². The van der Waals surface area contributed by atoms with Gasteiger partial charge < -0.3 is 15.4 Å². The third-order valence-electron chi connectivity index (χ3n) is 4.99. The first-order valence-electron chi connectivity index (χ1n) is 7.56. The summed E-state index contributed by atoms with van der Waals surface area (Å²) in [6.07, 6.45) is 5.06. The van der Waals surface area contributed by atoms with Crippen LogP contribution in [-0.2, 0) is 6.54 Å². The molecular weight excluding hydrogens is 252 g/mol. The van der Waals surface area contributed by atoms with E-state index in [0.29, 0.717) is 18.0 Å². The van der Waals surface area contributed by atoms with Crippen LogP contribution < -0.4 is 15.4 Å². The number of fused-ring (bicyclic) bond motifs is 1. The van der Waals surface area contributed by atoms with Crippen molar-refractivity contribution in [3.8, 4) is 5.75 Å². The summed E-state index contributed by atoms with van der Waals surface area (Å²) in [4.78, 5) is 11.7. The fourth-order valence-electron chi connectivity index (χ4n) is 3.55. The third-order valence-corrected chi connectivity index (χ3v) is 4.99. The fourth-order valence-corrected chi connectivity index (χ4v) is 3.55. The quantitative estimate of drug-likeness (QED) is 0.883. The van der Waals surface area contributed by atoms with E-state index >= 15 is 0 Å². The van der Waals surface area contributed by atoms with Gasteiger partial charge in [0.2, 0.25) is 0 Å². The number of amides is 1. The van der Waals surface area contributed by atoms with Crippen molar-refractivity contribution < 1.29 is 9.53 Å². The molecule has 2 fully saturated rings. The lowest BCUT2D eigenvalue weighted by atomic mass is 9.89. The van der Waals surface area contributed by atoms with E-state index in [1.165, 1.54) is 25.7 Å². The van der Waals surface area contributed by atoms with E-state index in [1.54, 1.807) is 0 Å². The van der Waals surface area contributed by atoms with E-state index in [9.17, 15) is 4.79 Å². The Hall–Kier alpha value is -1.55. The van der Waals surface area contributed by atoms with E-state index in [1.807, 2.05) is 18.2 Å².